The van der Waals surface area contributed by atoms with Gasteiger partial charge in [-0.2, -0.15) is 0 Å². The third-order valence-corrected chi connectivity index (χ3v) is 2.64. The van der Waals surface area contributed by atoms with Gasteiger partial charge >= 0.3 is 0 Å². The Morgan fingerprint density at radius 2 is 2.12 bits per heavy atom. The molecule has 0 amide bonds. The number of hydrogen-bond acceptors (Lipinski definition) is 1. The molecule has 0 unspecified atom stereocenters. The maximum absolute atomic E-state index is 13.0. The third kappa shape index (κ3) is 2.08. The highest BCUT2D eigenvalue weighted by atomic mass is 19.1. The van der Waals surface area contributed by atoms with Gasteiger partial charge < -0.3 is 9.88 Å². The van der Waals surface area contributed by atoms with E-state index in [1.165, 1.54) is 11.6 Å². The van der Waals surface area contributed by atoms with E-state index in [0.29, 0.717) is 6.54 Å². The molecule has 0 fully saturated rings. The van der Waals surface area contributed by atoms with Crippen molar-refractivity contribution in [2.24, 2.45) is 0 Å². The average molecular weight is 218 g/mol. The van der Waals surface area contributed by atoms with E-state index in [0.717, 1.165) is 11.4 Å². The van der Waals surface area contributed by atoms with Crippen LogP contribution in [0.2, 0.25) is 0 Å². The molecule has 0 bridgehead atoms. The largest absolute Gasteiger partial charge is 0.374 e. The van der Waals surface area contributed by atoms with Crippen LogP contribution in [0.5, 0.6) is 0 Å². The molecular weight excluding hydrogens is 203 g/mol. The van der Waals surface area contributed by atoms with E-state index in [9.17, 15) is 4.39 Å². The van der Waals surface area contributed by atoms with Gasteiger partial charge in [-0.3, -0.25) is 0 Å². The summed E-state index contributed by atoms with van der Waals surface area (Å²) in [4.78, 5) is 0. The molecule has 2 rings (SSSR count). The minimum Gasteiger partial charge on any atom is -0.374 e. The molecule has 3 heteroatoms. The standard InChI is InChI=1S/C13H15FN2/c1-10-6-7-16(13(10)15-2)9-11-4-3-5-12(14)8-11/h3-8,15H,9H2,1-2H3. The first-order valence-corrected chi connectivity index (χ1v) is 5.28. The number of hydrogen-bond donors (Lipinski definition) is 1. The summed E-state index contributed by atoms with van der Waals surface area (Å²) in [6.07, 6.45) is 2.01. The maximum Gasteiger partial charge on any atom is 0.123 e. The number of anilines is 1. The van der Waals surface area contributed by atoms with Crippen molar-refractivity contribution in [2.75, 3.05) is 12.4 Å². The fraction of sp³-hybridized carbons (Fsp3) is 0.231. The van der Waals surface area contributed by atoms with Crippen LogP contribution >= 0.6 is 0 Å². The summed E-state index contributed by atoms with van der Waals surface area (Å²) < 4.78 is 15.1. The summed E-state index contributed by atoms with van der Waals surface area (Å²) in [7, 11) is 1.89. The summed E-state index contributed by atoms with van der Waals surface area (Å²) in [5, 5.41) is 3.15. The van der Waals surface area contributed by atoms with Gasteiger partial charge in [-0.25, -0.2) is 4.39 Å². The molecule has 84 valence electrons. The molecule has 0 aliphatic carbocycles. The molecule has 1 aromatic carbocycles. The van der Waals surface area contributed by atoms with Crippen molar-refractivity contribution in [2.45, 2.75) is 13.5 Å². The Balaban J connectivity index is 2.27. The Labute approximate surface area is 94.7 Å². The van der Waals surface area contributed by atoms with Gasteiger partial charge in [0.1, 0.15) is 11.6 Å². The lowest BCUT2D eigenvalue weighted by Gasteiger charge is -2.09. The van der Waals surface area contributed by atoms with Gasteiger partial charge in [-0.05, 0) is 36.2 Å². The van der Waals surface area contributed by atoms with E-state index in [4.69, 9.17) is 0 Å². The lowest BCUT2D eigenvalue weighted by molar-refractivity contribution is 0.623. The van der Waals surface area contributed by atoms with E-state index in [1.807, 2.05) is 32.3 Å². The molecule has 0 spiro atoms. The predicted octanol–water partition coefficient (Wildman–Crippen LogP) is 3.03. The Hall–Kier alpha value is -1.77. The zero-order chi connectivity index (χ0) is 11.5. The van der Waals surface area contributed by atoms with Crippen LogP contribution in [0.15, 0.2) is 36.5 Å². The van der Waals surface area contributed by atoms with Gasteiger partial charge in [0.2, 0.25) is 0 Å². The van der Waals surface area contributed by atoms with Crippen LogP contribution in [0.1, 0.15) is 11.1 Å². The van der Waals surface area contributed by atoms with Crippen LogP contribution in [-0.4, -0.2) is 11.6 Å². The number of rotatable bonds is 3. The topological polar surface area (TPSA) is 17.0 Å². The second-order valence-electron chi connectivity index (χ2n) is 3.86. The van der Waals surface area contributed by atoms with Gasteiger partial charge in [0.05, 0.1) is 0 Å². The first-order chi connectivity index (χ1) is 7.70. The second kappa shape index (κ2) is 4.39. The molecule has 0 saturated heterocycles. The fourth-order valence-corrected chi connectivity index (χ4v) is 1.89. The summed E-state index contributed by atoms with van der Waals surface area (Å²) in [6, 6.07) is 8.74. The molecule has 1 N–H and O–H groups in total. The van der Waals surface area contributed by atoms with Crippen LogP contribution < -0.4 is 5.32 Å². The number of aromatic nitrogens is 1. The summed E-state index contributed by atoms with van der Waals surface area (Å²) >= 11 is 0. The Morgan fingerprint density at radius 3 is 2.81 bits per heavy atom. The smallest absolute Gasteiger partial charge is 0.123 e. The number of halogens is 1. The Bertz CT molecular complexity index is 488. The molecule has 0 aliphatic heterocycles. The number of aryl methyl sites for hydroxylation is 1. The van der Waals surface area contributed by atoms with E-state index >= 15 is 0 Å². The predicted molar refractivity (Wildman–Crippen MR) is 64.2 cm³/mol. The molecule has 2 aromatic rings. The van der Waals surface area contributed by atoms with E-state index in [1.54, 1.807) is 12.1 Å². The van der Waals surface area contributed by atoms with Crippen molar-refractivity contribution >= 4 is 5.82 Å². The van der Waals surface area contributed by atoms with Crippen LogP contribution in [0.3, 0.4) is 0 Å². The quantitative estimate of drug-likeness (QED) is 0.838. The summed E-state index contributed by atoms with van der Waals surface area (Å²) in [6.45, 7) is 2.73. The van der Waals surface area contributed by atoms with Crippen molar-refractivity contribution in [3.8, 4) is 0 Å². The van der Waals surface area contributed by atoms with Crippen LogP contribution in [0.4, 0.5) is 10.2 Å². The van der Waals surface area contributed by atoms with Gasteiger partial charge in [0.15, 0.2) is 0 Å². The molecule has 0 radical (unpaired) electrons. The normalized spacial score (nSPS) is 10.4. The zero-order valence-electron chi connectivity index (χ0n) is 9.50. The van der Waals surface area contributed by atoms with Gasteiger partial charge in [-0.15, -0.1) is 0 Å². The fourth-order valence-electron chi connectivity index (χ4n) is 1.89. The molecule has 0 saturated carbocycles. The molecule has 16 heavy (non-hydrogen) atoms. The van der Waals surface area contributed by atoms with Crippen LogP contribution in [0.25, 0.3) is 0 Å². The molecule has 1 aromatic heterocycles. The molecule has 0 aliphatic rings. The Kier molecular flexibility index (Phi) is 2.95. The maximum atomic E-state index is 13.0. The van der Waals surface area contributed by atoms with Crippen molar-refractivity contribution in [1.29, 1.82) is 0 Å². The molecular formula is C13H15FN2. The van der Waals surface area contributed by atoms with Crippen molar-refractivity contribution in [3.05, 3.63) is 53.5 Å². The van der Waals surface area contributed by atoms with Crippen molar-refractivity contribution in [1.82, 2.24) is 4.57 Å². The molecule has 0 atom stereocenters. The first kappa shape index (κ1) is 10.7. The monoisotopic (exact) mass is 218 g/mol. The second-order valence-corrected chi connectivity index (χ2v) is 3.86. The SMILES string of the molecule is CNc1c(C)ccn1Cc1cccc(F)c1. The van der Waals surface area contributed by atoms with Crippen molar-refractivity contribution < 1.29 is 4.39 Å². The lowest BCUT2D eigenvalue weighted by Crippen LogP contribution is -2.04. The van der Waals surface area contributed by atoms with E-state index < -0.39 is 0 Å². The number of nitrogens with zero attached hydrogens (tertiary/aromatic N) is 1. The van der Waals surface area contributed by atoms with E-state index in [-0.39, 0.29) is 5.82 Å². The first-order valence-electron chi connectivity index (χ1n) is 5.28. The van der Waals surface area contributed by atoms with Gasteiger partial charge in [0, 0.05) is 19.8 Å². The summed E-state index contributed by atoms with van der Waals surface area (Å²) in [5.41, 5.74) is 2.16. The molecule has 2 nitrogen and oxygen atoms in total. The minimum atomic E-state index is -0.188. The number of benzene rings is 1. The highest BCUT2D eigenvalue weighted by Gasteiger charge is 2.04. The van der Waals surface area contributed by atoms with E-state index in [2.05, 4.69) is 9.88 Å². The summed E-state index contributed by atoms with van der Waals surface area (Å²) in [5.74, 6) is 0.886. The minimum absolute atomic E-state index is 0.188. The number of nitrogens with one attached hydrogen (secondary N) is 1. The lowest BCUT2D eigenvalue weighted by atomic mass is 10.2. The van der Waals surface area contributed by atoms with Crippen molar-refractivity contribution in [3.63, 3.8) is 0 Å². The van der Waals surface area contributed by atoms with Crippen LogP contribution in [0, 0.1) is 12.7 Å². The zero-order valence-corrected chi connectivity index (χ0v) is 9.50. The van der Waals surface area contributed by atoms with Gasteiger partial charge in [0.25, 0.3) is 0 Å². The highest BCUT2D eigenvalue weighted by molar-refractivity contribution is 5.45. The Morgan fingerprint density at radius 1 is 1.31 bits per heavy atom. The van der Waals surface area contributed by atoms with Crippen LogP contribution in [-0.2, 0) is 6.54 Å². The average Bonchev–Trinajstić information content (AvgIpc) is 2.59. The third-order valence-electron chi connectivity index (χ3n) is 2.64. The highest BCUT2D eigenvalue weighted by Crippen LogP contribution is 2.17. The van der Waals surface area contributed by atoms with Gasteiger partial charge in [-0.1, -0.05) is 12.1 Å². The molecule has 1 heterocycles.